The molecular weight excluding hydrogens is 400 g/mol. The minimum Gasteiger partial charge on any atom is -0.366 e. The number of nitrogens with zero attached hydrogens (tertiary/aromatic N) is 1. The lowest BCUT2D eigenvalue weighted by Crippen LogP contribution is -2.19. The number of fused-ring (bicyclic) bond motifs is 1. The van der Waals surface area contributed by atoms with Crippen molar-refractivity contribution in [3.05, 3.63) is 81.0 Å². The predicted octanol–water partition coefficient (Wildman–Crippen LogP) is 4.91. The highest BCUT2D eigenvalue weighted by atomic mass is 35.5. The quantitative estimate of drug-likeness (QED) is 0.619. The number of anilines is 2. The van der Waals surface area contributed by atoms with Crippen LogP contribution in [0.5, 0.6) is 0 Å². The van der Waals surface area contributed by atoms with Crippen LogP contribution in [0.3, 0.4) is 0 Å². The van der Waals surface area contributed by atoms with Gasteiger partial charge in [0.05, 0.1) is 16.6 Å². The number of sulfonamides is 1. The first-order chi connectivity index (χ1) is 13.0. The topological polar surface area (TPSA) is 49.4 Å². The van der Waals surface area contributed by atoms with Crippen molar-refractivity contribution in [2.24, 2.45) is 0 Å². The molecule has 0 atom stereocenters. The molecule has 1 N–H and O–H groups in total. The number of rotatable bonds is 6. The lowest BCUT2D eigenvalue weighted by atomic mass is 10.1. The van der Waals surface area contributed by atoms with Gasteiger partial charge >= 0.3 is 0 Å². The van der Waals surface area contributed by atoms with Crippen molar-refractivity contribution in [1.82, 2.24) is 0 Å². The first-order valence-corrected chi connectivity index (χ1v) is 11.5. The molecule has 1 aromatic heterocycles. The molecule has 2 heterocycles. The average Bonchev–Trinajstić information content (AvgIpc) is 3.21. The van der Waals surface area contributed by atoms with E-state index in [-0.39, 0.29) is 5.75 Å². The van der Waals surface area contributed by atoms with Gasteiger partial charge in [-0.3, -0.25) is 4.72 Å². The Bertz CT molecular complexity index is 1050. The zero-order chi connectivity index (χ0) is 18.9. The molecule has 0 bridgehead atoms. The van der Waals surface area contributed by atoms with E-state index in [4.69, 9.17) is 11.6 Å². The van der Waals surface area contributed by atoms with Crippen molar-refractivity contribution >= 4 is 44.3 Å². The Hall–Kier alpha value is -2.02. The van der Waals surface area contributed by atoms with Crippen LogP contribution in [0.15, 0.2) is 60.7 Å². The predicted molar refractivity (Wildman–Crippen MR) is 113 cm³/mol. The van der Waals surface area contributed by atoms with Crippen LogP contribution in [0, 0.1) is 0 Å². The van der Waals surface area contributed by atoms with Gasteiger partial charge in [0.1, 0.15) is 0 Å². The van der Waals surface area contributed by atoms with Gasteiger partial charge in [-0.25, -0.2) is 8.42 Å². The summed E-state index contributed by atoms with van der Waals surface area (Å²) in [6.07, 6.45) is 0.905. The van der Waals surface area contributed by atoms with Crippen LogP contribution in [-0.2, 0) is 28.7 Å². The van der Waals surface area contributed by atoms with Crippen LogP contribution in [0.1, 0.15) is 16.0 Å². The number of thiophene rings is 1. The van der Waals surface area contributed by atoms with Gasteiger partial charge in [-0.1, -0.05) is 41.9 Å². The van der Waals surface area contributed by atoms with Gasteiger partial charge < -0.3 is 4.90 Å². The van der Waals surface area contributed by atoms with E-state index in [0.717, 1.165) is 40.7 Å². The van der Waals surface area contributed by atoms with Gasteiger partial charge in [0.2, 0.25) is 10.0 Å². The van der Waals surface area contributed by atoms with Crippen LogP contribution in [0.4, 0.5) is 11.4 Å². The maximum absolute atomic E-state index is 12.4. The number of nitrogens with one attached hydrogen (secondary N) is 1. The molecule has 0 spiro atoms. The first-order valence-electron chi connectivity index (χ1n) is 8.65. The van der Waals surface area contributed by atoms with Gasteiger partial charge in [0.15, 0.2) is 0 Å². The number of hydrogen-bond donors (Lipinski definition) is 1. The fourth-order valence-corrected chi connectivity index (χ4v) is 5.62. The average molecular weight is 419 g/mol. The molecule has 0 unspecified atom stereocenters. The Morgan fingerprint density at radius 3 is 2.63 bits per heavy atom. The monoisotopic (exact) mass is 418 g/mol. The first kappa shape index (κ1) is 18.3. The standard InChI is InChI=1S/C20H19ClN2O2S2/c21-20-9-7-18(26-20)13-23-11-10-16-12-17(6-8-19(16)23)22-27(24,25)14-15-4-2-1-3-5-15/h1-9,12,22H,10-11,13-14H2. The van der Waals surface area contributed by atoms with E-state index < -0.39 is 10.0 Å². The molecule has 0 fully saturated rings. The SMILES string of the molecule is O=S(=O)(Cc1ccccc1)Nc1ccc2c(c1)CCN2Cc1ccc(Cl)s1. The Morgan fingerprint density at radius 2 is 1.89 bits per heavy atom. The van der Waals surface area contributed by atoms with Gasteiger partial charge in [-0.15, -0.1) is 11.3 Å². The summed E-state index contributed by atoms with van der Waals surface area (Å²) in [4.78, 5) is 3.53. The summed E-state index contributed by atoms with van der Waals surface area (Å²) in [6.45, 7) is 1.74. The van der Waals surface area contributed by atoms with E-state index in [0.29, 0.717) is 5.69 Å². The summed E-state index contributed by atoms with van der Waals surface area (Å²) in [7, 11) is -3.44. The highest BCUT2D eigenvalue weighted by Gasteiger charge is 2.21. The molecule has 1 aliphatic rings. The fourth-order valence-electron chi connectivity index (χ4n) is 3.33. The molecule has 2 aromatic carbocycles. The highest BCUT2D eigenvalue weighted by molar-refractivity contribution is 7.91. The van der Waals surface area contributed by atoms with Crippen LogP contribution in [-0.4, -0.2) is 15.0 Å². The third-order valence-corrected chi connectivity index (χ3v) is 7.00. The van der Waals surface area contributed by atoms with Crippen molar-refractivity contribution in [2.75, 3.05) is 16.2 Å². The minimum absolute atomic E-state index is 0.0316. The van der Waals surface area contributed by atoms with Gasteiger partial charge in [-0.05, 0) is 47.9 Å². The van der Waals surface area contributed by atoms with E-state index in [9.17, 15) is 8.42 Å². The van der Waals surface area contributed by atoms with Crippen LogP contribution >= 0.6 is 22.9 Å². The highest BCUT2D eigenvalue weighted by Crippen LogP contribution is 2.33. The molecule has 4 rings (SSSR count). The van der Waals surface area contributed by atoms with Gasteiger partial charge in [0, 0.05) is 22.8 Å². The van der Waals surface area contributed by atoms with Crippen LogP contribution in [0.2, 0.25) is 4.34 Å². The molecule has 1 aliphatic heterocycles. The fraction of sp³-hybridized carbons (Fsp3) is 0.200. The number of benzene rings is 2. The summed E-state index contributed by atoms with van der Waals surface area (Å²) in [5.74, 6) is -0.0316. The molecule has 27 heavy (non-hydrogen) atoms. The maximum atomic E-state index is 12.4. The maximum Gasteiger partial charge on any atom is 0.236 e. The Kier molecular flexibility index (Phi) is 5.12. The molecule has 0 saturated heterocycles. The summed E-state index contributed by atoms with van der Waals surface area (Å²) >= 11 is 7.61. The molecule has 0 amide bonds. The third kappa shape index (κ3) is 4.46. The van der Waals surface area contributed by atoms with E-state index >= 15 is 0 Å². The summed E-state index contributed by atoms with van der Waals surface area (Å²) < 4.78 is 28.4. The minimum atomic E-state index is -3.44. The molecule has 0 aliphatic carbocycles. The molecular formula is C20H19ClN2O2S2. The zero-order valence-electron chi connectivity index (χ0n) is 14.6. The molecule has 0 radical (unpaired) electrons. The summed E-state index contributed by atoms with van der Waals surface area (Å²) in [5.41, 5.74) is 3.71. The van der Waals surface area contributed by atoms with E-state index in [1.807, 2.05) is 54.6 Å². The Labute approximate surface area is 168 Å². The number of halogens is 1. The zero-order valence-corrected chi connectivity index (χ0v) is 16.9. The molecule has 7 heteroatoms. The lowest BCUT2D eigenvalue weighted by Gasteiger charge is -2.18. The number of hydrogen-bond acceptors (Lipinski definition) is 4. The Morgan fingerprint density at radius 1 is 1.07 bits per heavy atom. The largest absolute Gasteiger partial charge is 0.366 e. The van der Waals surface area contributed by atoms with E-state index in [1.54, 1.807) is 11.3 Å². The van der Waals surface area contributed by atoms with Gasteiger partial charge in [0.25, 0.3) is 0 Å². The summed E-state index contributed by atoms with van der Waals surface area (Å²) in [5, 5.41) is 0. The van der Waals surface area contributed by atoms with Crippen LogP contribution in [0.25, 0.3) is 0 Å². The second-order valence-corrected chi connectivity index (χ2v) is 10.1. The third-order valence-electron chi connectivity index (χ3n) is 4.52. The van der Waals surface area contributed by atoms with Crippen molar-refractivity contribution in [3.63, 3.8) is 0 Å². The van der Waals surface area contributed by atoms with Gasteiger partial charge in [-0.2, -0.15) is 0 Å². The lowest BCUT2D eigenvalue weighted by molar-refractivity contribution is 0.600. The second-order valence-electron chi connectivity index (χ2n) is 6.57. The van der Waals surface area contributed by atoms with Crippen molar-refractivity contribution in [2.45, 2.75) is 18.7 Å². The normalized spacial score (nSPS) is 13.6. The molecule has 3 aromatic rings. The Balaban J connectivity index is 1.47. The molecule has 0 saturated carbocycles. The smallest absolute Gasteiger partial charge is 0.236 e. The van der Waals surface area contributed by atoms with Crippen molar-refractivity contribution in [1.29, 1.82) is 0 Å². The van der Waals surface area contributed by atoms with Crippen molar-refractivity contribution < 1.29 is 8.42 Å². The molecule has 4 nitrogen and oxygen atoms in total. The molecule has 140 valence electrons. The van der Waals surface area contributed by atoms with E-state index in [2.05, 4.69) is 15.7 Å². The van der Waals surface area contributed by atoms with E-state index in [1.165, 1.54) is 4.88 Å². The van der Waals surface area contributed by atoms with Crippen LogP contribution < -0.4 is 9.62 Å². The van der Waals surface area contributed by atoms with Crippen molar-refractivity contribution in [3.8, 4) is 0 Å². The second kappa shape index (κ2) is 7.54. The summed E-state index contributed by atoms with van der Waals surface area (Å²) in [6, 6.07) is 18.9.